The van der Waals surface area contributed by atoms with Crippen molar-refractivity contribution in [2.75, 3.05) is 0 Å². The number of amides is 1. The molecule has 0 saturated carbocycles. The Kier molecular flexibility index (Phi) is 4.62. The standard InChI is InChI=1S/C16H14F3NO/c17-16(18,19)14(11-12-7-3-1-4-8-12)20-15(21)13-9-5-2-6-10-13/h1-10,14H,11H2,(H,20,21)/t14-/m0/s1. The average molecular weight is 293 g/mol. The summed E-state index contributed by atoms with van der Waals surface area (Å²) in [7, 11) is 0. The molecule has 110 valence electrons. The van der Waals surface area contributed by atoms with E-state index in [-0.39, 0.29) is 12.0 Å². The summed E-state index contributed by atoms with van der Waals surface area (Å²) in [5.41, 5.74) is 0.730. The van der Waals surface area contributed by atoms with Crippen molar-refractivity contribution < 1.29 is 18.0 Å². The van der Waals surface area contributed by atoms with Gasteiger partial charge in [-0.2, -0.15) is 13.2 Å². The van der Waals surface area contributed by atoms with Gasteiger partial charge in [-0.3, -0.25) is 4.79 Å². The van der Waals surface area contributed by atoms with Crippen LogP contribution in [0.25, 0.3) is 0 Å². The van der Waals surface area contributed by atoms with Crippen LogP contribution in [0.5, 0.6) is 0 Å². The second kappa shape index (κ2) is 6.43. The fourth-order valence-corrected chi connectivity index (χ4v) is 1.93. The molecule has 0 aliphatic carbocycles. The van der Waals surface area contributed by atoms with Gasteiger partial charge in [0.15, 0.2) is 0 Å². The van der Waals surface area contributed by atoms with Crippen LogP contribution in [0, 0.1) is 0 Å². The summed E-state index contributed by atoms with van der Waals surface area (Å²) in [5, 5.41) is 2.06. The van der Waals surface area contributed by atoms with Crippen molar-refractivity contribution in [2.24, 2.45) is 0 Å². The fraction of sp³-hybridized carbons (Fsp3) is 0.188. The van der Waals surface area contributed by atoms with E-state index in [1.54, 1.807) is 48.5 Å². The average Bonchev–Trinajstić information content (AvgIpc) is 2.47. The molecule has 5 heteroatoms. The molecular weight excluding hydrogens is 279 g/mol. The van der Waals surface area contributed by atoms with Crippen molar-refractivity contribution in [2.45, 2.75) is 18.6 Å². The van der Waals surface area contributed by atoms with Gasteiger partial charge in [-0.1, -0.05) is 48.5 Å². The lowest BCUT2D eigenvalue weighted by molar-refractivity contribution is -0.153. The molecule has 0 aliphatic heterocycles. The first-order valence-electron chi connectivity index (χ1n) is 6.43. The third kappa shape index (κ3) is 4.34. The molecule has 2 aromatic carbocycles. The summed E-state index contributed by atoms with van der Waals surface area (Å²) in [4.78, 5) is 11.9. The minimum absolute atomic E-state index is 0.208. The summed E-state index contributed by atoms with van der Waals surface area (Å²) in [6, 6.07) is 14.2. The van der Waals surface area contributed by atoms with E-state index in [1.165, 1.54) is 12.1 Å². The van der Waals surface area contributed by atoms with Crippen molar-refractivity contribution in [1.82, 2.24) is 5.32 Å². The van der Waals surface area contributed by atoms with Crippen LogP contribution < -0.4 is 5.32 Å². The Morgan fingerprint density at radius 1 is 0.952 bits per heavy atom. The molecular formula is C16H14F3NO. The monoisotopic (exact) mass is 293 g/mol. The van der Waals surface area contributed by atoms with E-state index in [1.807, 2.05) is 0 Å². The normalized spacial score (nSPS) is 12.7. The van der Waals surface area contributed by atoms with Gasteiger partial charge >= 0.3 is 6.18 Å². The van der Waals surface area contributed by atoms with E-state index >= 15 is 0 Å². The van der Waals surface area contributed by atoms with Crippen molar-refractivity contribution >= 4 is 5.91 Å². The van der Waals surface area contributed by atoms with Crippen molar-refractivity contribution in [3.05, 3.63) is 71.8 Å². The zero-order chi connectivity index (χ0) is 15.3. The number of alkyl halides is 3. The maximum atomic E-state index is 13.1. The van der Waals surface area contributed by atoms with Crippen LogP contribution in [0.1, 0.15) is 15.9 Å². The summed E-state index contributed by atoms with van der Waals surface area (Å²) in [6.07, 6.45) is -4.79. The van der Waals surface area contributed by atoms with E-state index in [0.29, 0.717) is 5.56 Å². The zero-order valence-electron chi connectivity index (χ0n) is 11.1. The van der Waals surface area contributed by atoms with E-state index in [4.69, 9.17) is 0 Å². The number of benzene rings is 2. The molecule has 0 heterocycles. The minimum atomic E-state index is -4.50. The molecule has 1 amide bonds. The molecule has 0 aromatic heterocycles. The molecule has 0 unspecified atom stereocenters. The lowest BCUT2D eigenvalue weighted by Gasteiger charge is -2.21. The Hall–Kier alpha value is -2.30. The zero-order valence-corrected chi connectivity index (χ0v) is 11.1. The Balaban J connectivity index is 2.12. The van der Waals surface area contributed by atoms with Crippen LogP contribution in [0.2, 0.25) is 0 Å². The quantitative estimate of drug-likeness (QED) is 0.917. The largest absolute Gasteiger partial charge is 0.408 e. The highest BCUT2D eigenvalue weighted by Crippen LogP contribution is 2.23. The van der Waals surface area contributed by atoms with Gasteiger partial charge < -0.3 is 5.32 Å². The third-order valence-electron chi connectivity index (χ3n) is 3.02. The molecule has 0 bridgehead atoms. The van der Waals surface area contributed by atoms with Crippen LogP contribution in [0.15, 0.2) is 60.7 Å². The van der Waals surface area contributed by atoms with Gasteiger partial charge in [-0.15, -0.1) is 0 Å². The van der Waals surface area contributed by atoms with Gasteiger partial charge in [-0.25, -0.2) is 0 Å². The molecule has 1 N–H and O–H groups in total. The van der Waals surface area contributed by atoms with Crippen molar-refractivity contribution in [1.29, 1.82) is 0 Å². The Morgan fingerprint density at radius 2 is 1.48 bits per heavy atom. The van der Waals surface area contributed by atoms with E-state index in [9.17, 15) is 18.0 Å². The van der Waals surface area contributed by atoms with Crippen LogP contribution in [0.3, 0.4) is 0 Å². The molecule has 0 fully saturated rings. The smallest absolute Gasteiger partial charge is 0.340 e. The molecule has 2 rings (SSSR count). The Morgan fingerprint density at radius 3 is 2.00 bits per heavy atom. The lowest BCUT2D eigenvalue weighted by Crippen LogP contribution is -2.46. The summed E-state index contributed by atoms with van der Waals surface area (Å²) in [6.45, 7) is 0. The van der Waals surface area contributed by atoms with Crippen molar-refractivity contribution in [3.8, 4) is 0 Å². The first-order chi connectivity index (χ1) is 9.97. The number of carbonyl (C=O) groups excluding carboxylic acids is 1. The Labute approximate surface area is 120 Å². The van der Waals surface area contributed by atoms with Gasteiger partial charge in [0.05, 0.1) is 0 Å². The predicted octanol–water partition coefficient (Wildman–Crippen LogP) is 3.59. The summed E-state index contributed by atoms with van der Waals surface area (Å²) in [5.74, 6) is -0.728. The number of carbonyl (C=O) groups is 1. The number of nitrogens with one attached hydrogen (secondary N) is 1. The molecule has 0 radical (unpaired) electrons. The van der Waals surface area contributed by atoms with Gasteiger partial charge in [0, 0.05) is 12.0 Å². The first-order valence-corrected chi connectivity index (χ1v) is 6.43. The summed E-state index contributed by atoms with van der Waals surface area (Å²) < 4.78 is 39.2. The molecule has 21 heavy (non-hydrogen) atoms. The second-order valence-corrected chi connectivity index (χ2v) is 4.62. The van der Waals surface area contributed by atoms with Crippen LogP contribution >= 0.6 is 0 Å². The van der Waals surface area contributed by atoms with Crippen LogP contribution in [-0.4, -0.2) is 18.1 Å². The Bertz CT molecular complexity index is 581. The van der Waals surface area contributed by atoms with E-state index in [0.717, 1.165) is 0 Å². The number of rotatable bonds is 4. The van der Waals surface area contributed by atoms with E-state index in [2.05, 4.69) is 5.32 Å². The maximum absolute atomic E-state index is 13.1. The predicted molar refractivity (Wildman–Crippen MR) is 73.9 cm³/mol. The van der Waals surface area contributed by atoms with Crippen LogP contribution in [0.4, 0.5) is 13.2 Å². The SMILES string of the molecule is O=C(N[C@@H](Cc1ccccc1)C(F)(F)F)c1ccccc1. The number of halogens is 3. The molecule has 2 aromatic rings. The van der Waals surface area contributed by atoms with Gasteiger partial charge in [0.2, 0.25) is 0 Å². The third-order valence-corrected chi connectivity index (χ3v) is 3.02. The molecule has 0 spiro atoms. The highest BCUT2D eigenvalue weighted by molar-refractivity contribution is 5.94. The number of hydrogen-bond acceptors (Lipinski definition) is 1. The van der Waals surface area contributed by atoms with Gasteiger partial charge in [-0.05, 0) is 17.7 Å². The highest BCUT2D eigenvalue weighted by atomic mass is 19.4. The lowest BCUT2D eigenvalue weighted by atomic mass is 10.0. The molecule has 1 atom stereocenters. The minimum Gasteiger partial charge on any atom is -0.340 e. The van der Waals surface area contributed by atoms with E-state index < -0.39 is 18.1 Å². The topological polar surface area (TPSA) is 29.1 Å². The van der Waals surface area contributed by atoms with Crippen LogP contribution in [-0.2, 0) is 6.42 Å². The molecule has 0 saturated heterocycles. The first kappa shape index (κ1) is 15.1. The fourth-order valence-electron chi connectivity index (χ4n) is 1.93. The summed E-state index contributed by atoms with van der Waals surface area (Å²) >= 11 is 0. The second-order valence-electron chi connectivity index (χ2n) is 4.62. The van der Waals surface area contributed by atoms with Gasteiger partial charge in [0.1, 0.15) is 6.04 Å². The molecule has 0 aliphatic rings. The van der Waals surface area contributed by atoms with Gasteiger partial charge in [0.25, 0.3) is 5.91 Å². The highest BCUT2D eigenvalue weighted by Gasteiger charge is 2.40. The molecule has 2 nitrogen and oxygen atoms in total. The maximum Gasteiger partial charge on any atom is 0.408 e. The van der Waals surface area contributed by atoms with Crippen molar-refractivity contribution in [3.63, 3.8) is 0 Å². The number of hydrogen-bond donors (Lipinski definition) is 1.